The molecule has 0 radical (unpaired) electrons. The smallest absolute Gasteiger partial charge is 0.410 e. The maximum atomic E-state index is 12.8. The van der Waals surface area contributed by atoms with Crippen molar-refractivity contribution >= 4 is 12.0 Å². The molecule has 2 amide bonds. The van der Waals surface area contributed by atoms with Crippen molar-refractivity contribution in [3.8, 4) is 5.75 Å². The molecule has 1 aliphatic heterocycles. The van der Waals surface area contributed by atoms with Crippen LogP contribution in [0.4, 0.5) is 9.18 Å². The van der Waals surface area contributed by atoms with Crippen molar-refractivity contribution in [1.82, 2.24) is 10.2 Å². The van der Waals surface area contributed by atoms with Gasteiger partial charge >= 0.3 is 6.09 Å². The lowest BCUT2D eigenvalue weighted by molar-refractivity contribution is -0.129. The van der Waals surface area contributed by atoms with Crippen molar-refractivity contribution in [3.63, 3.8) is 0 Å². The molecule has 1 saturated heterocycles. The molecule has 1 N–H and O–H groups in total. The maximum absolute atomic E-state index is 12.8. The highest BCUT2D eigenvalue weighted by molar-refractivity contribution is 5.84. The molecule has 0 aromatic heterocycles. The third kappa shape index (κ3) is 6.69. The molecule has 1 fully saturated rings. The molecule has 0 spiro atoms. The largest absolute Gasteiger partial charge is 0.494 e. The second kappa shape index (κ2) is 9.26. The summed E-state index contributed by atoms with van der Waals surface area (Å²) in [5, 5.41) is 2.96. The highest BCUT2D eigenvalue weighted by atomic mass is 19.1. The number of benzene rings is 1. The number of nitrogens with zero attached hydrogens (tertiary/aromatic N) is 1. The fourth-order valence-electron chi connectivity index (χ4n) is 2.99. The molecule has 0 bridgehead atoms. The topological polar surface area (TPSA) is 67.9 Å². The summed E-state index contributed by atoms with van der Waals surface area (Å²) in [6.45, 7) is 9.29. The standard InChI is InChI=1S/C21H31FN2O4/c1-20(2,3)28-19(26)24-13-11-21(4,15-24)18(25)23-12-5-6-14-27-17-9-7-16(22)8-10-17/h7-10H,5-6,11-15H2,1-4H3,(H,23,25)/t21-/m1/s1. The van der Waals surface area contributed by atoms with Crippen LogP contribution in [0.2, 0.25) is 0 Å². The van der Waals surface area contributed by atoms with Crippen molar-refractivity contribution < 1.29 is 23.5 Å². The average molecular weight is 394 g/mol. The Morgan fingerprint density at radius 2 is 1.89 bits per heavy atom. The first-order valence-corrected chi connectivity index (χ1v) is 9.74. The van der Waals surface area contributed by atoms with Gasteiger partial charge in [-0.1, -0.05) is 0 Å². The van der Waals surface area contributed by atoms with Crippen LogP contribution in [0.3, 0.4) is 0 Å². The van der Waals surface area contributed by atoms with Gasteiger partial charge in [0.2, 0.25) is 5.91 Å². The molecule has 6 nitrogen and oxygen atoms in total. The van der Waals surface area contributed by atoms with Gasteiger partial charge in [0.05, 0.1) is 12.0 Å². The molecule has 0 aliphatic carbocycles. The number of hydrogen-bond donors (Lipinski definition) is 1. The number of halogens is 1. The Kier molecular flexibility index (Phi) is 7.27. The Morgan fingerprint density at radius 1 is 1.21 bits per heavy atom. The maximum Gasteiger partial charge on any atom is 0.410 e. The molecule has 28 heavy (non-hydrogen) atoms. The number of likely N-dealkylation sites (tertiary alicyclic amines) is 1. The Morgan fingerprint density at radius 3 is 2.54 bits per heavy atom. The SMILES string of the molecule is CC(C)(C)OC(=O)N1CC[C@@](C)(C(=O)NCCCCOc2ccc(F)cc2)C1. The van der Waals surface area contributed by atoms with Crippen LogP contribution in [0, 0.1) is 11.2 Å². The van der Waals surface area contributed by atoms with Crippen molar-refractivity contribution in [3.05, 3.63) is 30.1 Å². The summed E-state index contributed by atoms with van der Waals surface area (Å²) in [5.74, 6) is 0.296. The minimum Gasteiger partial charge on any atom is -0.494 e. The minimum atomic E-state index is -0.596. The molecule has 1 aromatic rings. The van der Waals surface area contributed by atoms with Crippen LogP contribution in [0.5, 0.6) is 5.75 Å². The van der Waals surface area contributed by atoms with Gasteiger partial charge in [-0.05, 0) is 71.2 Å². The Hall–Kier alpha value is -2.31. The van der Waals surface area contributed by atoms with Gasteiger partial charge in [0.25, 0.3) is 0 Å². The highest BCUT2D eigenvalue weighted by Crippen LogP contribution is 2.31. The summed E-state index contributed by atoms with van der Waals surface area (Å²) >= 11 is 0. The average Bonchev–Trinajstić information content (AvgIpc) is 3.02. The van der Waals surface area contributed by atoms with E-state index in [-0.39, 0.29) is 17.8 Å². The highest BCUT2D eigenvalue weighted by Gasteiger charge is 2.42. The van der Waals surface area contributed by atoms with Gasteiger partial charge in [-0.15, -0.1) is 0 Å². The zero-order valence-electron chi connectivity index (χ0n) is 17.2. The van der Waals surface area contributed by atoms with Crippen LogP contribution < -0.4 is 10.1 Å². The third-order valence-electron chi connectivity index (χ3n) is 4.61. The van der Waals surface area contributed by atoms with Crippen LogP contribution in [0.25, 0.3) is 0 Å². The molecule has 1 aromatic carbocycles. The summed E-state index contributed by atoms with van der Waals surface area (Å²) in [6.07, 6.45) is 1.80. The normalized spacial score (nSPS) is 19.4. The van der Waals surface area contributed by atoms with Crippen molar-refractivity contribution in [2.24, 2.45) is 5.41 Å². The number of carbonyl (C=O) groups excluding carboxylic acids is 2. The zero-order chi connectivity index (χ0) is 20.8. The van der Waals surface area contributed by atoms with Crippen LogP contribution >= 0.6 is 0 Å². The van der Waals surface area contributed by atoms with Crippen molar-refractivity contribution in [1.29, 1.82) is 0 Å². The molecule has 0 saturated carbocycles. The number of hydrogen-bond acceptors (Lipinski definition) is 4. The second-order valence-electron chi connectivity index (χ2n) is 8.48. The van der Waals surface area contributed by atoms with E-state index >= 15 is 0 Å². The Balaban J connectivity index is 1.65. The predicted molar refractivity (Wildman–Crippen MR) is 105 cm³/mol. The van der Waals surface area contributed by atoms with Gasteiger partial charge in [-0.25, -0.2) is 9.18 Å². The van der Waals surface area contributed by atoms with Gasteiger partial charge in [0, 0.05) is 19.6 Å². The van der Waals surface area contributed by atoms with E-state index in [1.165, 1.54) is 12.1 Å². The first kappa shape index (κ1) is 22.0. The van der Waals surface area contributed by atoms with Gasteiger partial charge < -0.3 is 19.7 Å². The van der Waals surface area contributed by atoms with E-state index in [0.717, 1.165) is 12.8 Å². The number of ether oxygens (including phenoxy) is 2. The second-order valence-corrected chi connectivity index (χ2v) is 8.48. The Bertz CT molecular complexity index is 672. The van der Waals surface area contributed by atoms with E-state index in [1.807, 2.05) is 27.7 Å². The zero-order valence-corrected chi connectivity index (χ0v) is 17.2. The predicted octanol–water partition coefficient (Wildman–Crippen LogP) is 3.75. The molecule has 1 heterocycles. The monoisotopic (exact) mass is 394 g/mol. The summed E-state index contributed by atoms with van der Waals surface area (Å²) < 4.78 is 23.7. The molecular weight excluding hydrogens is 363 g/mol. The fourth-order valence-corrected chi connectivity index (χ4v) is 2.99. The van der Waals surface area contributed by atoms with Crippen LogP contribution in [-0.4, -0.2) is 48.7 Å². The lowest BCUT2D eigenvalue weighted by atomic mass is 9.89. The van der Waals surface area contributed by atoms with E-state index in [9.17, 15) is 14.0 Å². The van der Waals surface area contributed by atoms with E-state index in [1.54, 1.807) is 17.0 Å². The van der Waals surface area contributed by atoms with Crippen LogP contribution in [0.1, 0.15) is 47.0 Å². The summed E-state index contributed by atoms with van der Waals surface area (Å²) in [5.41, 5.74) is -1.14. The fraction of sp³-hybridized carbons (Fsp3) is 0.619. The lowest BCUT2D eigenvalue weighted by Gasteiger charge is -2.26. The minimum absolute atomic E-state index is 0.0435. The summed E-state index contributed by atoms with van der Waals surface area (Å²) in [4.78, 5) is 26.3. The molecule has 1 atom stereocenters. The summed E-state index contributed by atoms with van der Waals surface area (Å²) in [6, 6.07) is 5.90. The lowest BCUT2D eigenvalue weighted by Crippen LogP contribution is -2.43. The number of amides is 2. The van der Waals surface area contributed by atoms with Gasteiger partial charge in [0.15, 0.2) is 0 Å². The molecule has 2 rings (SSSR count). The number of unbranched alkanes of at least 4 members (excludes halogenated alkanes) is 1. The van der Waals surface area contributed by atoms with Gasteiger partial charge in [-0.3, -0.25) is 4.79 Å². The Labute approximate surface area is 166 Å². The molecule has 7 heteroatoms. The van der Waals surface area contributed by atoms with Crippen LogP contribution in [-0.2, 0) is 9.53 Å². The van der Waals surface area contributed by atoms with Gasteiger partial charge in [0.1, 0.15) is 17.2 Å². The van der Waals surface area contributed by atoms with E-state index in [0.29, 0.717) is 38.4 Å². The van der Waals surface area contributed by atoms with E-state index < -0.39 is 11.0 Å². The third-order valence-corrected chi connectivity index (χ3v) is 4.61. The quantitative estimate of drug-likeness (QED) is 0.715. The van der Waals surface area contributed by atoms with Crippen molar-refractivity contribution in [2.75, 3.05) is 26.2 Å². The van der Waals surface area contributed by atoms with Crippen molar-refractivity contribution in [2.45, 2.75) is 52.6 Å². The first-order chi connectivity index (χ1) is 13.1. The number of carbonyl (C=O) groups is 2. The van der Waals surface area contributed by atoms with Gasteiger partial charge in [-0.2, -0.15) is 0 Å². The molecular formula is C21H31FN2O4. The number of rotatable bonds is 7. The molecule has 1 aliphatic rings. The molecule has 156 valence electrons. The van der Waals surface area contributed by atoms with Crippen LogP contribution in [0.15, 0.2) is 24.3 Å². The first-order valence-electron chi connectivity index (χ1n) is 9.74. The summed E-state index contributed by atoms with van der Waals surface area (Å²) in [7, 11) is 0. The number of nitrogens with one attached hydrogen (secondary N) is 1. The van der Waals surface area contributed by atoms with E-state index in [2.05, 4.69) is 5.32 Å². The molecule has 0 unspecified atom stereocenters. The van der Waals surface area contributed by atoms with E-state index in [4.69, 9.17) is 9.47 Å².